The average molecular weight is 295 g/mol. The number of nitrogens with zero attached hydrogens (tertiary/aromatic N) is 2. The summed E-state index contributed by atoms with van der Waals surface area (Å²) in [5.74, 6) is 0.666. The Balaban J connectivity index is 2.14. The van der Waals surface area contributed by atoms with E-state index in [1.54, 1.807) is 6.92 Å². The van der Waals surface area contributed by atoms with E-state index in [4.69, 9.17) is 5.73 Å². The number of benzene rings is 1. The largest absolute Gasteiger partial charge is 0.368 e. The molecule has 0 spiro atoms. The Bertz CT molecular complexity index is 702. The molecular formula is C12H17N5O2S. The number of nitrogen functional groups attached to an aromatic ring is 1. The van der Waals surface area contributed by atoms with Gasteiger partial charge in [-0.15, -0.1) is 0 Å². The number of nitrogens with two attached hydrogens (primary N) is 1. The molecule has 0 atom stereocenters. The molecule has 108 valence electrons. The lowest BCUT2D eigenvalue weighted by atomic mass is 10.2. The van der Waals surface area contributed by atoms with Crippen LogP contribution < -0.4 is 15.8 Å². The van der Waals surface area contributed by atoms with Gasteiger partial charge in [0.2, 0.25) is 16.0 Å². The second kappa shape index (κ2) is 6.02. The summed E-state index contributed by atoms with van der Waals surface area (Å²) < 4.78 is 25.5. The monoisotopic (exact) mass is 295 g/mol. The first-order valence-corrected chi connectivity index (χ1v) is 7.90. The zero-order valence-electron chi connectivity index (χ0n) is 11.1. The predicted octanol–water partition coefficient (Wildman–Crippen LogP) is 0.563. The molecule has 0 aliphatic carbocycles. The van der Waals surface area contributed by atoms with Crippen LogP contribution in [0.3, 0.4) is 0 Å². The van der Waals surface area contributed by atoms with Gasteiger partial charge in [0, 0.05) is 18.5 Å². The molecule has 0 saturated heterocycles. The van der Waals surface area contributed by atoms with E-state index in [0.29, 0.717) is 12.4 Å². The number of anilines is 2. The fourth-order valence-corrected chi connectivity index (χ4v) is 2.78. The Hall–Kier alpha value is -1.93. The van der Waals surface area contributed by atoms with Crippen LogP contribution in [0.2, 0.25) is 0 Å². The molecule has 0 saturated carbocycles. The molecule has 0 amide bonds. The maximum absolute atomic E-state index is 11.5. The topological polar surface area (TPSA) is 110 Å². The lowest BCUT2D eigenvalue weighted by molar-refractivity contribution is 0.584. The minimum atomic E-state index is -3.25. The van der Waals surface area contributed by atoms with Crippen LogP contribution in [0.15, 0.2) is 24.3 Å². The number of aromatic nitrogens is 2. The van der Waals surface area contributed by atoms with Gasteiger partial charge >= 0.3 is 0 Å². The summed E-state index contributed by atoms with van der Waals surface area (Å²) in [5.41, 5.74) is 6.36. The number of nitrogens with one attached hydrogen (secondary N) is 2. The number of fused-ring (bicyclic) bond motifs is 1. The van der Waals surface area contributed by atoms with E-state index in [2.05, 4.69) is 20.0 Å². The first-order chi connectivity index (χ1) is 9.52. The van der Waals surface area contributed by atoms with Crippen LogP contribution in [0, 0.1) is 0 Å². The molecule has 2 rings (SSSR count). The van der Waals surface area contributed by atoms with Crippen molar-refractivity contribution < 1.29 is 8.42 Å². The van der Waals surface area contributed by atoms with Gasteiger partial charge in [-0.25, -0.2) is 18.1 Å². The third kappa shape index (κ3) is 3.55. The summed E-state index contributed by atoms with van der Waals surface area (Å²) >= 11 is 0. The number of hydrogen-bond acceptors (Lipinski definition) is 6. The first-order valence-electron chi connectivity index (χ1n) is 6.25. The molecule has 7 nitrogen and oxygen atoms in total. The highest BCUT2D eigenvalue weighted by Gasteiger charge is 2.09. The third-order valence-electron chi connectivity index (χ3n) is 2.65. The Kier molecular flexibility index (Phi) is 4.35. The van der Waals surface area contributed by atoms with Crippen molar-refractivity contribution in [1.82, 2.24) is 14.7 Å². The van der Waals surface area contributed by atoms with Crippen molar-refractivity contribution in [3.63, 3.8) is 0 Å². The summed E-state index contributed by atoms with van der Waals surface area (Å²) in [6.45, 7) is 2.37. The summed E-state index contributed by atoms with van der Waals surface area (Å²) in [4.78, 5) is 8.23. The van der Waals surface area contributed by atoms with E-state index in [9.17, 15) is 8.42 Å². The van der Waals surface area contributed by atoms with E-state index < -0.39 is 10.0 Å². The molecule has 4 N–H and O–H groups in total. The highest BCUT2D eigenvalue weighted by atomic mass is 32.2. The quantitative estimate of drug-likeness (QED) is 0.718. The number of sulfonamides is 1. The van der Waals surface area contributed by atoms with Crippen molar-refractivity contribution in [2.75, 3.05) is 29.9 Å². The highest BCUT2D eigenvalue weighted by molar-refractivity contribution is 7.89. The SMILES string of the molecule is CCNS(=O)(=O)CCNc1nc(N)nc2ccccc12. The van der Waals surface area contributed by atoms with Gasteiger partial charge in [0.25, 0.3) is 0 Å². The van der Waals surface area contributed by atoms with E-state index in [0.717, 1.165) is 10.9 Å². The van der Waals surface area contributed by atoms with Gasteiger partial charge in [-0.05, 0) is 12.1 Å². The van der Waals surface area contributed by atoms with Gasteiger partial charge < -0.3 is 11.1 Å². The van der Waals surface area contributed by atoms with Gasteiger partial charge in [-0.2, -0.15) is 4.98 Å². The highest BCUT2D eigenvalue weighted by Crippen LogP contribution is 2.20. The zero-order valence-corrected chi connectivity index (χ0v) is 11.9. The fourth-order valence-electron chi connectivity index (χ4n) is 1.83. The summed E-state index contributed by atoms with van der Waals surface area (Å²) in [5, 5.41) is 3.80. The van der Waals surface area contributed by atoms with Crippen LogP contribution in [0.25, 0.3) is 10.9 Å². The third-order valence-corrected chi connectivity index (χ3v) is 4.12. The van der Waals surface area contributed by atoms with Gasteiger partial charge in [-0.3, -0.25) is 0 Å². The molecule has 1 heterocycles. The van der Waals surface area contributed by atoms with Crippen molar-refractivity contribution in [2.24, 2.45) is 0 Å². The molecule has 1 aromatic heterocycles. The molecule has 8 heteroatoms. The Morgan fingerprint density at radius 1 is 1.25 bits per heavy atom. The Labute approximate surface area is 117 Å². The molecule has 0 unspecified atom stereocenters. The summed E-state index contributed by atoms with van der Waals surface area (Å²) in [6.07, 6.45) is 0. The number of rotatable bonds is 6. The summed E-state index contributed by atoms with van der Waals surface area (Å²) in [6, 6.07) is 7.40. The maximum Gasteiger partial charge on any atom is 0.222 e. The fraction of sp³-hybridized carbons (Fsp3) is 0.333. The molecule has 0 aliphatic heterocycles. The van der Waals surface area contributed by atoms with Crippen LogP contribution in [0.4, 0.5) is 11.8 Å². The van der Waals surface area contributed by atoms with Crippen LogP contribution in [-0.4, -0.2) is 37.2 Å². The molecule has 20 heavy (non-hydrogen) atoms. The molecule has 1 aromatic carbocycles. The Morgan fingerprint density at radius 3 is 2.75 bits per heavy atom. The second-order valence-electron chi connectivity index (χ2n) is 4.19. The van der Waals surface area contributed by atoms with Crippen LogP contribution >= 0.6 is 0 Å². The summed E-state index contributed by atoms with van der Waals surface area (Å²) in [7, 11) is -3.25. The van der Waals surface area contributed by atoms with E-state index in [1.807, 2.05) is 24.3 Å². The molecule has 0 radical (unpaired) electrons. The van der Waals surface area contributed by atoms with Gasteiger partial charge in [0.15, 0.2) is 0 Å². The van der Waals surface area contributed by atoms with Crippen LogP contribution in [0.5, 0.6) is 0 Å². The lowest BCUT2D eigenvalue weighted by Crippen LogP contribution is -2.29. The molecule has 0 aliphatic rings. The smallest absolute Gasteiger partial charge is 0.222 e. The van der Waals surface area contributed by atoms with Crippen molar-refractivity contribution in [1.29, 1.82) is 0 Å². The first kappa shape index (κ1) is 14.5. The van der Waals surface area contributed by atoms with Gasteiger partial charge in [0.05, 0.1) is 11.3 Å². The van der Waals surface area contributed by atoms with Crippen LogP contribution in [-0.2, 0) is 10.0 Å². The molecule has 0 bridgehead atoms. The van der Waals surface area contributed by atoms with Gasteiger partial charge in [0.1, 0.15) is 5.82 Å². The van der Waals surface area contributed by atoms with E-state index in [-0.39, 0.29) is 18.2 Å². The standard InChI is InChI=1S/C12H17N5O2S/c1-2-15-20(18,19)8-7-14-11-9-5-3-4-6-10(9)16-12(13)17-11/h3-6,15H,2,7-8H2,1H3,(H3,13,14,16,17). The second-order valence-corrected chi connectivity index (χ2v) is 6.12. The molecule has 2 aromatic rings. The predicted molar refractivity (Wildman–Crippen MR) is 79.9 cm³/mol. The number of para-hydroxylation sites is 1. The normalized spacial score (nSPS) is 11.7. The maximum atomic E-state index is 11.5. The number of hydrogen-bond donors (Lipinski definition) is 3. The molecular weight excluding hydrogens is 278 g/mol. The Morgan fingerprint density at radius 2 is 2.00 bits per heavy atom. The molecule has 0 fully saturated rings. The minimum absolute atomic E-state index is 0.0287. The van der Waals surface area contributed by atoms with Crippen molar-refractivity contribution in [3.05, 3.63) is 24.3 Å². The van der Waals surface area contributed by atoms with Crippen molar-refractivity contribution in [3.8, 4) is 0 Å². The minimum Gasteiger partial charge on any atom is -0.368 e. The van der Waals surface area contributed by atoms with E-state index in [1.165, 1.54) is 0 Å². The van der Waals surface area contributed by atoms with E-state index >= 15 is 0 Å². The van der Waals surface area contributed by atoms with Gasteiger partial charge in [-0.1, -0.05) is 19.1 Å². The zero-order chi connectivity index (χ0) is 14.6. The van der Waals surface area contributed by atoms with Crippen LogP contribution in [0.1, 0.15) is 6.92 Å². The van der Waals surface area contributed by atoms with Crippen molar-refractivity contribution >= 4 is 32.7 Å². The average Bonchev–Trinajstić information content (AvgIpc) is 2.38. The lowest BCUT2D eigenvalue weighted by Gasteiger charge is -2.09. The van der Waals surface area contributed by atoms with Crippen molar-refractivity contribution in [2.45, 2.75) is 6.92 Å².